The lowest BCUT2D eigenvalue weighted by Gasteiger charge is -2.15. The number of para-hydroxylation sites is 1. The van der Waals surface area contributed by atoms with E-state index in [1.807, 2.05) is 62.4 Å². The smallest absolute Gasteiger partial charge is 0.163 e. The van der Waals surface area contributed by atoms with Gasteiger partial charge in [0.15, 0.2) is 11.5 Å². The molecule has 3 aromatic carbocycles. The number of nitrogens with one attached hydrogen (secondary N) is 1. The number of anilines is 2. The summed E-state index contributed by atoms with van der Waals surface area (Å²) in [7, 11) is 1.64. The number of benzene rings is 3. The Morgan fingerprint density at radius 3 is 2.32 bits per heavy atom. The number of nitrogens with zero attached hydrogens (tertiary/aromatic N) is 2. The molecule has 4 aromatic rings. The minimum Gasteiger partial charge on any atom is -0.496 e. The van der Waals surface area contributed by atoms with Crippen LogP contribution in [0.2, 0.25) is 5.02 Å². The van der Waals surface area contributed by atoms with Crippen LogP contribution in [-0.4, -0.2) is 30.3 Å². The number of ether oxygens (including phenoxy) is 4. The third kappa shape index (κ3) is 5.26. The molecule has 0 radical (unpaired) electrons. The normalized spacial score (nSPS) is 10.7. The third-order valence-corrected chi connectivity index (χ3v) is 5.37. The molecule has 4 rings (SSSR count). The zero-order chi connectivity index (χ0) is 23.9. The minimum absolute atomic E-state index is 0.343. The van der Waals surface area contributed by atoms with E-state index in [1.54, 1.807) is 13.2 Å². The summed E-state index contributed by atoms with van der Waals surface area (Å²) in [5, 5.41) is 4.61. The van der Waals surface area contributed by atoms with Crippen molar-refractivity contribution in [2.75, 3.05) is 25.6 Å². The summed E-state index contributed by atoms with van der Waals surface area (Å²) in [6.45, 7) is 5.26. The second-order valence-electron chi connectivity index (χ2n) is 7.28. The van der Waals surface area contributed by atoms with Crippen LogP contribution in [-0.2, 0) is 6.61 Å². The molecule has 0 amide bonds. The van der Waals surface area contributed by atoms with E-state index in [0.717, 1.165) is 27.9 Å². The average molecular weight is 480 g/mol. The highest BCUT2D eigenvalue weighted by molar-refractivity contribution is 6.32. The average Bonchev–Trinajstić information content (AvgIpc) is 2.85. The van der Waals surface area contributed by atoms with Crippen LogP contribution in [0.3, 0.4) is 0 Å². The maximum Gasteiger partial charge on any atom is 0.163 e. The zero-order valence-electron chi connectivity index (χ0n) is 19.3. The summed E-state index contributed by atoms with van der Waals surface area (Å²) < 4.78 is 22.8. The molecule has 0 unspecified atom stereocenters. The van der Waals surface area contributed by atoms with Crippen LogP contribution in [0.25, 0.3) is 10.9 Å². The van der Waals surface area contributed by atoms with E-state index in [9.17, 15) is 0 Å². The van der Waals surface area contributed by atoms with E-state index >= 15 is 0 Å². The lowest BCUT2D eigenvalue weighted by atomic mass is 10.2. The molecule has 0 saturated carbocycles. The van der Waals surface area contributed by atoms with Crippen LogP contribution in [0.15, 0.2) is 60.9 Å². The standard InChI is InChI=1S/C26H26ClN3O4/c1-4-32-24-13-19-21(14-25(24)33-5-2)28-16-29-26(19)30-18-10-11-23(20(27)12-18)34-15-17-8-6-7-9-22(17)31-3/h6-14,16H,4-5,15H2,1-3H3,(H,28,29,30). The van der Waals surface area contributed by atoms with Crippen molar-refractivity contribution in [1.29, 1.82) is 0 Å². The number of methoxy groups -OCH3 is 1. The second kappa shape index (κ2) is 10.9. The number of hydrogen-bond donors (Lipinski definition) is 1. The molecular formula is C26H26ClN3O4. The third-order valence-electron chi connectivity index (χ3n) is 5.07. The van der Waals surface area contributed by atoms with Gasteiger partial charge in [-0.3, -0.25) is 0 Å². The Hall–Kier alpha value is -3.71. The Bertz CT molecular complexity index is 1280. The summed E-state index contributed by atoms with van der Waals surface area (Å²) in [4.78, 5) is 8.80. The highest BCUT2D eigenvalue weighted by atomic mass is 35.5. The molecule has 1 N–H and O–H groups in total. The van der Waals surface area contributed by atoms with Gasteiger partial charge in [-0.15, -0.1) is 0 Å². The fourth-order valence-corrected chi connectivity index (χ4v) is 3.75. The maximum absolute atomic E-state index is 6.51. The maximum atomic E-state index is 6.51. The SMILES string of the molecule is CCOc1cc2ncnc(Nc3ccc(OCc4ccccc4OC)c(Cl)c3)c2cc1OCC. The minimum atomic E-state index is 0.343. The molecule has 1 aromatic heterocycles. The van der Waals surface area contributed by atoms with Crippen molar-refractivity contribution in [3.63, 3.8) is 0 Å². The molecule has 0 spiro atoms. The number of hydrogen-bond acceptors (Lipinski definition) is 7. The molecule has 0 atom stereocenters. The molecule has 0 saturated heterocycles. The number of aromatic nitrogens is 2. The first-order valence-corrected chi connectivity index (χ1v) is 11.4. The summed E-state index contributed by atoms with van der Waals surface area (Å²) in [6, 6.07) is 17.0. The molecule has 34 heavy (non-hydrogen) atoms. The summed E-state index contributed by atoms with van der Waals surface area (Å²) in [6.07, 6.45) is 1.51. The van der Waals surface area contributed by atoms with E-state index in [-0.39, 0.29) is 0 Å². The molecule has 0 aliphatic heterocycles. The van der Waals surface area contributed by atoms with Gasteiger partial charge in [0, 0.05) is 22.7 Å². The van der Waals surface area contributed by atoms with Gasteiger partial charge in [-0.1, -0.05) is 29.8 Å². The van der Waals surface area contributed by atoms with Gasteiger partial charge in [-0.25, -0.2) is 9.97 Å². The predicted molar refractivity (Wildman–Crippen MR) is 134 cm³/mol. The fourth-order valence-electron chi connectivity index (χ4n) is 3.51. The Kier molecular flexibility index (Phi) is 7.54. The van der Waals surface area contributed by atoms with Gasteiger partial charge >= 0.3 is 0 Å². The Morgan fingerprint density at radius 2 is 1.59 bits per heavy atom. The van der Waals surface area contributed by atoms with E-state index in [0.29, 0.717) is 47.9 Å². The van der Waals surface area contributed by atoms with Gasteiger partial charge < -0.3 is 24.3 Å². The molecule has 0 aliphatic carbocycles. The van der Waals surface area contributed by atoms with E-state index in [4.69, 9.17) is 30.5 Å². The van der Waals surface area contributed by atoms with Gasteiger partial charge in [0.05, 0.1) is 30.9 Å². The molecule has 0 bridgehead atoms. The van der Waals surface area contributed by atoms with Crippen molar-refractivity contribution >= 4 is 34.0 Å². The Balaban J connectivity index is 1.56. The Labute approximate surface area is 203 Å². The van der Waals surface area contributed by atoms with Crippen molar-refractivity contribution in [3.05, 3.63) is 71.5 Å². The molecule has 1 heterocycles. The van der Waals surface area contributed by atoms with E-state index in [1.165, 1.54) is 6.33 Å². The molecule has 7 nitrogen and oxygen atoms in total. The molecule has 8 heteroatoms. The van der Waals surface area contributed by atoms with Crippen molar-refractivity contribution < 1.29 is 18.9 Å². The van der Waals surface area contributed by atoms with Crippen molar-refractivity contribution in [1.82, 2.24) is 9.97 Å². The van der Waals surface area contributed by atoms with E-state index < -0.39 is 0 Å². The van der Waals surface area contributed by atoms with Gasteiger partial charge in [0.25, 0.3) is 0 Å². The molecule has 0 fully saturated rings. The lowest BCUT2D eigenvalue weighted by molar-refractivity contribution is 0.288. The number of rotatable bonds is 10. The largest absolute Gasteiger partial charge is 0.496 e. The van der Waals surface area contributed by atoms with Crippen LogP contribution >= 0.6 is 11.6 Å². The first-order chi connectivity index (χ1) is 16.6. The van der Waals surface area contributed by atoms with Crippen LogP contribution in [0.1, 0.15) is 19.4 Å². The van der Waals surface area contributed by atoms with Gasteiger partial charge in [-0.2, -0.15) is 0 Å². The molecular weight excluding hydrogens is 454 g/mol. The first kappa shape index (κ1) is 23.4. The Morgan fingerprint density at radius 1 is 0.824 bits per heavy atom. The lowest BCUT2D eigenvalue weighted by Crippen LogP contribution is -2.01. The summed E-state index contributed by atoms with van der Waals surface area (Å²) in [5.74, 6) is 3.28. The monoisotopic (exact) mass is 479 g/mol. The second-order valence-corrected chi connectivity index (χ2v) is 7.68. The molecule has 0 aliphatic rings. The van der Waals surface area contributed by atoms with Gasteiger partial charge in [0.1, 0.15) is 30.3 Å². The van der Waals surface area contributed by atoms with Gasteiger partial charge in [-0.05, 0) is 44.2 Å². The van der Waals surface area contributed by atoms with Crippen LogP contribution in [0, 0.1) is 0 Å². The van der Waals surface area contributed by atoms with E-state index in [2.05, 4.69) is 15.3 Å². The predicted octanol–water partition coefficient (Wildman–Crippen LogP) is 6.41. The summed E-state index contributed by atoms with van der Waals surface area (Å²) in [5.41, 5.74) is 2.45. The van der Waals surface area contributed by atoms with Crippen LogP contribution < -0.4 is 24.3 Å². The van der Waals surface area contributed by atoms with Crippen molar-refractivity contribution in [2.45, 2.75) is 20.5 Å². The van der Waals surface area contributed by atoms with Crippen molar-refractivity contribution in [2.24, 2.45) is 0 Å². The first-order valence-electron chi connectivity index (χ1n) is 11.0. The van der Waals surface area contributed by atoms with Crippen molar-refractivity contribution in [3.8, 4) is 23.0 Å². The molecule has 176 valence electrons. The van der Waals surface area contributed by atoms with Gasteiger partial charge in [0.2, 0.25) is 0 Å². The topological polar surface area (TPSA) is 74.7 Å². The quantitative estimate of drug-likeness (QED) is 0.281. The van der Waals surface area contributed by atoms with Crippen LogP contribution in [0.5, 0.6) is 23.0 Å². The highest BCUT2D eigenvalue weighted by Crippen LogP contribution is 2.36. The summed E-state index contributed by atoms with van der Waals surface area (Å²) >= 11 is 6.51. The number of fused-ring (bicyclic) bond motifs is 1. The number of halogens is 1. The zero-order valence-corrected chi connectivity index (χ0v) is 20.1. The fraction of sp³-hybridized carbons (Fsp3) is 0.231. The van der Waals surface area contributed by atoms with Crippen LogP contribution in [0.4, 0.5) is 11.5 Å². The highest BCUT2D eigenvalue weighted by Gasteiger charge is 2.13.